The van der Waals surface area contributed by atoms with E-state index in [1.165, 1.54) is 64.2 Å². The predicted octanol–water partition coefficient (Wildman–Crippen LogP) is 6.20. The lowest BCUT2D eigenvalue weighted by Gasteiger charge is -2.17. The van der Waals surface area contributed by atoms with E-state index >= 15 is 0 Å². The average Bonchev–Trinajstić information content (AvgIpc) is 2.25. The second-order valence-corrected chi connectivity index (χ2v) is 5.83. The zero-order chi connectivity index (χ0) is 12.2. The molecule has 0 aromatic rings. The zero-order valence-electron chi connectivity index (χ0n) is 12.2. The van der Waals surface area contributed by atoms with Gasteiger partial charge >= 0.3 is 0 Å². The van der Waals surface area contributed by atoms with Crippen LogP contribution in [0.5, 0.6) is 0 Å². The highest BCUT2D eigenvalue weighted by Gasteiger charge is 2.08. The van der Waals surface area contributed by atoms with Crippen molar-refractivity contribution < 1.29 is 0 Å². The first-order valence-corrected chi connectivity index (χ1v) is 7.70. The maximum absolute atomic E-state index is 2.35. The van der Waals surface area contributed by atoms with E-state index < -0.39 is 0 Å². The fraction of sp³-hybridized carbons (Fsp3) is 1.00. The van der Waals surface area contributed by atoms with Gasteiger partial charge in [-0.25, -0.2) is 0 Å². The molecule has 16 heavy (non-hydrogen) atoms. The minimum atomic E-state index is 0.891. The van der Waals surface area contributed by atoms with Crippen molar-refractivity contribution in [3.63, 3.8) is 0 Å². The highest BCUT2D eigenvalue weighted by molar-refractivity contribution is 4.61. The van der Waals surface area contributed by atoms with Crippen molar-refractivity contribution in [3.05, 3.63) is 0 Å². The molecule has 0 N–H and O–H groups in total. The Hall–Kier alpha value is 0. The molecule has 0 aliphatic rings. The molecule has 0 radical (unpaired) electrons. The van der Waals surface area contributed by atoms with Gasteiger partial charge in [-0.05, 0) is 11.8 Å². The van der Waals surface area contributed by atoms with E-state index in [-0.39, 0.29) is 0 Å². The van der Waals surface area contributed by atoms with Crippen LogP contribution < -0.4 is 0 Å². The Bertz CT molecular complexity index is 126. The molecule has 0 saturated carbocycles. The molecule has 0 heteroatoms. The summed E-state index contributed by atoms with van der Waals surface area (Å²) in [4.78, 5) is 0. The first-order valence-electron chi connectivity index (χ1n) is 7.70. The van der Waals surface area contributed by atoms with Crippen molar-refractivity contribution in [3.8, 4) is 0 Å². The Morgan fingerprint density at radius 1 is 0.625 bits per heavy atom. The second kappa shape index (κ2) is 11.5. The van der Waals surface area contributed by atoms with Gasteiger partial charge in [0.25, 0.3) is 0 Å². The molecule has 0 amide bonds. The largest absolute Gasteiger partial charge is 0.0654 e. The van der Waals surface area contributed by atoms with E-state index in [0.29, 0.717) is 0 Å². The summed E-state index contributed by atoms with van der Waals surface area (Å²) in [5.74, 6) is 1.92. The topological polar surface area (TPSA) is 0 Å². The molecule has 0 rings (SSSR count). The molecule has 0 spiro atoms. The average molecular weight is 226 g/mol. The molecule has 98 valence electrons. The highest BCUT2D eigenvalue weighted by atomic mass is 14.1. The molecular formula is C16H34. The van der Waals surface area contributed by atoms with Crippen molar-refractivity contribution in [1.82, 2.24) is 0 Å². The van der Waals surface area contributed by atoms with Crippen LogP contribution in [0, 0.1) is 11.8 Å². The predicted molar refractivity (Wildman–Crippen MR) is 75.8 cm³/mol. The minimum Gasteiger partial charge on any atom is -0.0654 e. The molecule has 0 nitrogen and oxygen atoms in total. The van der Waals surface area contributed by atoms with Crippen molar-refractivity contribution in [1.29, 1.82) is 0 Å². The third-order valence-corrected chi connectivity index (χ3v) is 3.58. The molecule has 1 unspecified atom stereocenters. The van der Waals surface area contributed by atoms with Crippen molar-refractivity contribution in [2.45, 2.75) is 91.9 Å². The summed E-state index contributed by atoms with van der Waals surface area (Å²) in [6.45, 7) is 9.31. The van der Waals surface area contributed by atoms with Gasteiger partial charge < -0.3 is 0 Å². The van der Waals surface area contributed by atoms with Gasteiger partial charge in [0, 0.05) is 0 Å². The summed E-state index contributed by atoms with van der Waals surface area (Å²) in [6.07, 6.45) is 14.4. The normalized spacial score (nSPS) is 13.3. The maximum Gasteiger partial charge on any atom is -0.0414 e. The third kappa shape index (κ3) is 10.5. The number of hydrogen-bond donors (Lipinski definition) is 0. The molecule has 0 fully saturated rings. The van der Waals surface area contributed by atoms with Gasteiger partial charge in [0.2, 0.25) is 0 Å². The van der Waals surface area contributed by atoms with Gasteiger partial charge in [-0.3, -0.25) is 0 Å². The molecule has 1 atom stereocenters. The van der Waals surface area contributed by atoms with Crippen LogP contribution in [-0.2, 0) is 0 Å². The lowest BCUT2D eigenvalue weighted by Crippen LogP contribution is -2.02. The smallest absolute Gasteiger partial charge is 0.0414 e. The fourth-order valence-electron chi connectivity index (χ4n) is 2.42. The Balaban J connectivity index is 3.62. The fourth-order valence-corrected chi connectivity index (χ4v) is 2.42. The van der Waals surface area contributed by atoms with Crippen LogP contribution in [0.2, 0.25) is 0 Å². The Morgan fingerprint density at radius 3 is 1.75 bits per heavy atom. The summed E-state index contributed by atoms with van der Waals surface area (Å²) in [7, 11) is 0. The first-order chi connectivity index (χ1) is 7.70. The Kier molecular flexibility index (Phi) is 11.5. The maximum atomic E-state index is 2.35. The number of hydrogen-bond acceptors (Lipinski definition) is 0. The van der Waals surface area contributed by atoms with Crippen LogP contribution in [0.25, 0.3) is 0 Å². The van der Waals surface area contributed by atoms with E-state index in [2.05, 4.69) is 27.7 Å². The van der Waals surface area contributed by atoms with Crippen LogP contribution in [0.3, 0.4) is 0 Å². The van der Waals surface area contributed by atoms with Gasteiger partial charge in [-0.1, -0.05) is 91.9 Å². The first kappa shape index (κ1) is 16.0. The van der Waals surface area contributed by atoms with Gasteiger partial charge in [0.05, 0.1) is 0 Å². The summed E-state index contributed by atoms with van der Waals surface area (Å²) >= 11 is 0. The lowest BCUT2D eigenvalue weighted by molar-refractivity contribution is 0.365. The SMILES string of the molecule is CCCCCC(CCCC)CCCC(C)C. The molecule has 0 bridgehead atoms. The van der Waals surface area contributed by atoms with E-state index in [1.807, 2.05) is 0 Å². The molecule has 0 saturated heterocycles. The van der Waals surface area contributed by atoms with Crippen LogP contribution in [-0.4, -0.2) is 0 Å². The number of unbranched alkanes of at least 4 members (excludes halogenated alkanes) is 3. The minimum absolute atomic E-state index is 0.891. The van der Waals surface area contributed by atoms with Gasteiger partial charge in [0.1, 0.15) is 0 Å². The summed E-state index contributed by atoms with van der Waals surface area (Å²) in [5, 5.41) is 0. The second-order valence-electron chi connectivity index (χ2n) is 5.83. The van der Waals surface area contributed by atoms with E-state index in [9.17, 15) is 0 Å². The van der Waals surface area contributed by atoms with E-state index in [0.717, 1.165) is 11.8 Å². The Morgan fingerprint density at radius 2 is 1.19 bits per heavy atom. The molecule has 0 aromatic heterocycles. The van der Waals surface area contributed by atoms with Crippen LogP contribution in [0.15, 0.2) is 0 Å². The quantitative estimate of drug-likeness (QED) is 0.368. The third-order valence-electron chi connectivity index (χ3n) is 3.58. The molecular weight excluding hydrogens is 192 g/mol. The van der Waals surface area contributed by atoms with Gasteiger partial charge in [-0.2, -0.15) is 0 Å². The van der Waals surface area contributed by atoms with Gasteiger partial charge in [-0.15, -0.1) is 0 Å². The molecule has 0 aromatic carbocycles. The van der Waals surface area contributed by atoms with Gasteiger partial charge in [0.15, 0.2) is 0 Å². The van der Waals surface area contributed by atoms with Crippen LogP contribution in [0.4, 0.5) is 0 Å². The lowest BCUT2D eigenvalue weighted by atomic mass is 9.89. The van der Waals surface area contributed by atoms with Crippen molar-refractivity contribution >= 4 is 0 Å². The molecule has 0 heterocycles. The van der Waals surface area contributed by atoms with Crippen molar-refractivity contribution in [2.75, 3.05) is 0 Å². The van der Waals surface area contributed by atoms with Crippen LogP contribution >= 0.6 is 0 Å². The highest BCUT2D eigenvalue weighted by Crippen LogP contribution is 2.23. The summed E-state index contributed by atoms with van der Waals surface area (Å²) in [5.41, 5.74) is 0. The zero-order valence-corrected chi connectivity index (χ0v) is 12.2. The summed E-state index contributed by atoms with van der Waals surface area (Å²) in [6, 6.07) is 0. The van der Waals surface area contributed by atoms with Crippen molar-refractivity contribution in [2.24, 2.45) is 11.8 Å². The number of rotatable bonds is 11. The van der Waals surface area contributed by atoms with Crippen LogP contribution in [0.1, 0.15) is 91.9 Å². The van der Waals surface area contributed by atoms with E-state index in [4.69, 9.17) is 0 Å². The monoisotopic (exact) mass is 226 g/mol. The van der Waals surface area contributed by atoms with E-state index in [1.54, 1.807) is 0 Å². The Labute approximate surface area is 104 Å². The molecule has 0 aliphatic heterocycles. The summed E-state index contributed by atoms with van der Waals surface area (Å²) < 4.78 is 0. The standard InChI is InChI=1S/C16H34/c1-5-7-9-13-16(12-8-6-2)14-10-11-15(3)4/h15-16H,5-14H2,1-4H3. The molecule has 0 aliphatic carbocycles.